The number of aryl methyl sites for hydroxylation is 1. The van der Waals surface area contributed by atoms with Crippen molar-refractivity contribution < 1.29 is 0 Å². The molecule has 0 spiro atoms. The molecule has 0 unspecified atom stereocenters. The van der Waals surface area contributed by atoms with Crippen LogP contribution in [0, 0.1) is 12.3 Å². The third-order valence-electron chi connectivity index (χ3n) is 2.59. The Balaban J connectivity index is 1.91. The number of hydrogen-bond acceptors (Lipinski definition) is 1. The molecule has 1 N–H and O–H groups in total. The van der Waals surface area contributed by atoms with E-state index in [0.717, 1.165) is 32.4 Å². The monoisotopic (exact) mass is 215 g/mol. The third-order valence-corrected chi connectivity index (χ3v) is 2.59. The van der Waals surface area contributed by atoms with Crippen LogP contribution in [0.25, 0.3) is 0 Å². The molecule has 0 aliphatic carbocycles. The van der Waals surface area contributed by atoms with Crippen LogP contribution in [0.3, 0.4) is 0 Å². The summed E-state index contributed by atoms with van der Waals surface area (Å²) in [5, 5.41) is 3.45. The van der Waals surface area contributed by atoms with Gasteiger partial charge in [0.25, 0.3) is 0 Å². The van der Waals surface area contributed by atoms with Crippen molar-refractivity contribution >= 4 is 0 Å². The van der Waals surface area contributed by atoms with Gasteiger partial charge in [-0.3, -0.25) is 0 Å². The third kappa shape index (κ3) is 6.27. The second-order valence-electron chi connectivity index (χ2n) is 4.00. The maximum atomic E-state index is 5.18. The van der Waals surface area contributed by atoms with E-state index in [0.29, 0.717) is 0 Å². The highest BCUT2D eigenvalue weighted by Crippen LogP contribution is 2.01. The number of nitrogens with one attached hydrogen (secondary N) is 1. The molecule has 0 saturated carbocycles. The zero-order valence-corrected chi connectivity index (χ0v) is 9.91. The summed E-state index contributed by atoms with van der Waals surface area (Å²) in [6, 6.07) is 10.6. The summed E-state index contributed by atoms with van der Waals surface area (Å²) < 4.78 is 0. The Bertz CT molecular complexity index is 297. The Hall–Kier alpha value is -1.26. The van der Waals surface area contributed by atoms with Crippen LogP contribution in [0.4, 0.5) is 0 Å². The Morgan fingerprint density at radius 2 is 1.75 bits per heavy atom. The molecule has 0 radical (unpaired) electrons. The Kier molecular flexibility index (Phi) is 7.21. The lowest BCUT2D eigenvalue weighted by Crippen LogP contribution is -2.17. The molecule has 0 fully saturated rings. The van der Waals surface area contributed by atoms with Crippen molar-refractivity contribution in [2.75, 3.05) is 13.1 Å². The molecule has 1 aromatic rings. The van der Waals surface area contributed by atoms with Gasteiger partial charge >= 0.3 is 0 Å². The van der Waals surface area contributed by atoms with E-state index < -0.39 is 0 Å². The van der Waals surface area contributed by atoms with Crippen LogP contribution in [0.1, 0.15) is 31.2 Å². The molecular formula is C15H21N. The predicted octanol–water partition coefficient (Wildman–Crippen LogP) is 3.01. The molecule has 0 saturated heterocycles. The largest absolute Gasteiger partial charge is 0.317 e. The van der Waals surface area contributed by atoms with Gasteiger partial charge in [0.2, 0.25) is 0 Å². The van der Waals surface area contributed by atoms with E-state index in [4.69, 9.17) is 6.42 Å². The summed E-state index contributed by atoms with van der Waals surface area (Å²) in [5.74, 6) is 2.66. The van der Waals surface area contributed by atoms with Gasteiger partial charge < -0.3 is 5.32 Å². The van der Waals surface area contributed by atoms with Crippen molar-refractivity contribution in [3.63, 3.8) is 0 Å². The Labute approximate surface area is 99.3 Å². The minimum Gasteiger partial charge on any atom is -0.317 e. The van der Waals surface area contributed by atoms with Gasteiger partial charge in [0.15, 0.2) is 0 Å². The molecule has 0 aliphatic rings. The quantitative estimate of drug-likeness (QED) is 0.519. The fraction of sp³-hybridized carbons (Fsp3) is 0.467. The number of hydrogen-bond donors (Lipinski definition) is 1. The summed E-state index contributed by atoms with van der Waals surface area (Å²) >= 11 is 0. The molecule has 0 aliphatic heterocycles. The van der Waals surface area contributed by atoms with Gasteiger partial charge in [0, 0.05) is 6.42 Å². The fourth-order valence-corrected chi connectivity index (χ4v) is 1.66. The fourth-order valence-electron chi connectivity index (χ4n) is 1.66. The first-order valence-electron chi connectivity index (χ1n) is 6.11. The van der Waals surface area contributed by atoms with E-state index in [1.165, 1.54) is 18.4 Å². The number of unbranched alkanes of at least 4 members (excludes halogenated alkanes) is 2. The van der Waals surface area contributed by atoms with Crippen LogP contribution in [0.5, 0.6) is 0 Å². The van der Waals surface area contributed by atoms with Gasteiger partial charge in [0.1, 0.15) is 0 Å². The molecule has 1 nitrogen and oxygen atoms in total. The van der Waals surface area contributed by atoms with E-state index >= 15 is 0 Å². The van der Waals surface area contributed by atoms with Gasteiger partial charge in [0.05, 0.1) is 0 Å². The lowest BCUT2D eigenvalue weighted by atomic mass is 10.1. The summed E-state index contributed by atoms with van der Waals surface area (Å²) in [6.07, 6.45) is 10.8. The van der Waals surface area contributed by atoms with Crippen molar-refractivity contribution in [1.82, 2.24) is 5.32 Å². The number of rotatable bonds is 8. The smallest absolute Gasteiger partial charge is 0.00865 e. The molecule has 0 amide bonds. The Morgan fingerprint density at radius 3 is 2.50 bits per heavy atom. The van der Waals surface area contributed by atoms with Crippen molar-refractivity contribution in [1.29, 1.82) is 0 Å². The molecular weight excluding hydrogens is 194 g/mol. The number of terminal acetylenes is 1. The average Bonchev–Trinajstić information content (AvgIpc) is 2.34. The summed E-state index contributed by atoms with van der Waals surface area (Å²) in [6.45, 7) is 2.20. The minimum atomic E-state index is 0.908. The second-order valence-corrected chi connectivity index (χ2v) is 4.00. The molecule has 0 atom stereocenters. The van der Waals surface area contributed by atoms with Gasteiger partial charge in [-0.1, -0.05) is 30.3 Å². The summed E-state index contributed by atoms with van der Waals surface area (Å²) in [5.41, 5.74) is 1.43. The van der Waals surface area contributed by atoms with E-state index in [-0.39, 0.29) is 0 Å². The SMILES string of the molecule is C#CCCCCNCCCc1ccccc1. The highest BCUT2D eigenvalue weighted by molar-refractivity contribution is 5.14. The van der Waals surface area contributed by atoms with E-state index in [1.54, 1.807) is 0 Å². The first-order valence-corrected chi connectivity index (χ1v) is 6.11. The lowest BCUT2D eigenvalue weighted by Gasteiger charge is -2.04. The van der Waals surface area contributed by atoms with Crippen molar-refractivity contribution in [3.05, 3.63) is 35.9 Å². The highest BCUT2D eigenvalue weighted by Gasteiger charge is 1.92. The highest BCUT2D eigenvalue weighted by atomic mass is 14.8. The van der Waals surface area contributed by atoms with Crippen LogP contribution in [-0.2, 0) is 6.42 Å². The maximum Gasteiger partial charge on any atom is 0.00865 e. The minimum absolute atomic E-state index is 0.908. The van der Waals surface area contributed by atoms with Crippen LogP contribution in [0.15, 0.2) is 30.3 Å². The summed E-state index contributed by atoms with van der Waals surface area (Å²) in [7, 11) is 0. The molecule has 16 heavy (non-hydrogen) atoms. The van der Waals surface area contributed by atoms with E-state index in [9.17, 15) is 0 Å². The molecule has 0 aromatic heterocycles. The van der Waals surface area contributed by atoms with E-state index in [1.807, 2.05) is 0 Å². The molecule has 1 aromatic carbocycles. The van der Waals surface area contributed by atoms with Crippen LogP contribution >= 0.6 is 0 Å². The van der Waals surface area contributed by atoms with Crippen LogP contribution in [0.2, 0.25) is 0 Å². The first-order chi connectivity index (χ1) is 7.93. The molecule has 1 rings (SSSR count). The molecule has 0 heterocycles. The van der Waals surface area contributed by atoms with Gasteiger partial charge in [-0.25, -0.2) is 0 Å². The van der Waals surface area contributed by atoms with Crippen molar-refractivity contribution in [2.45, 2.75) is 32.1 Å². The van der Waals surface area contributed by atoms with Crippen molar-refractivity contribution in [2.24, 2.45) is 0 Å². The normalized spacial score (nSPS) is 9.94. The van der Waals surface area contributed by atoms with Crippen LogP contribution in [-0.4, -0.2) is 13.1 Å². The predicted molar refractivity (Wildman–Crippen MR) is 70.3 cm³/mol. The average molecular weight is 215 g/mol. The summed E-state index contributed by atoms with van der Waals surface area (Å²) in [4.78, 5) is 0. The zero-order valence-electron chi connectivity index (χ0n) is 9.91. The van der Waals surface area contributed by atoms with Crippen LogP contribution < -0.4 is 5.32 Å². The van der Waals surface area contributed by atoms with Gasteiger partial charge in [-0.2, -0.15) is 0 Å². The first kappa shape index (κ1) is 12.8. The molecule has 0 bridgehead atoms. The van der Waals surface area contributed by atoms with Gasteiger partial charge in [-0.15, -0.1) is 12.3 Å². The molecule has 1 heteroatoms. The number of benzene rings is 1. The topological polar surface area (TPSA) is 12.0 Å². The Morgan fingerprint density at radius 1 is 1.00 bits per heavy atom. The van der Waals surface area contributed by atoms with Crippen molar-refractivity contribution in [3.8, 4) is 12.3 Å². The lowest BCUT2D eigenvalue weighted by molar-refractivity contribution is 0.608. The zero-order chi connectivity index (χ0) is 11.5. The van der Waals surface area contributed by atoms with Gasteiger partial charge in [-0.05, 0) is 44.3 Å². The standard InChI is InChI=1S/C15H21N/c1-2-3-4-8-13-16-14-9-12-15-10-6-5-7-11-15/h1,5-7,10-11,16H,3-4,8-9,12-14H2. The maximum absolute atomic E-state index is 5.18. The molecule has 86 valence electrons. The second kappa shape index (κ2) is 9.00. The van der Waals surface area contributed by atoms with E-state index in [2.05, 4.69) is 41.6 Å².